The summed E-state index contributed by atoms with van der Waals surface area (Å²) in [6.45, 7) is 13.4. The van der Waals surface area contributed by atoms with Crippen molar-refractivity contribution in [2.75, 3.05) is 0 Å². The molecule has 2 heterocycles. The fourth-order valence-corrected chi connectivity index (χ4v) is 5.96. The number of nitrogens with zero attached hydrogens (tertiary/aromatic N) is 1. The third kappa shape index (κ3) is 5.25. The number of hydrogen-bond acceptors (Lipinski definition) is 4. The lowest BCUT2D eigenvalue weighted by Gasteiger charge is -2.47. The molecule has 0 radical (unpaired) electrons. The molecule has 1 fully saturated rings. The molecule has 5 heteroatoms. The Balaban J connectivity index is 1.66. The Morgan fingerprint density at radius 3 is 2.47 bits per heavy atom. The maximum atomic E-state index is 12.8. The first kappa shape index (κ1) is 23.0. The number of allylic oxidation sites excluding steroid dienone is 6. The monoisotopic (exact) mass is 437 g/mol. The van der Waals surface area contributed by atoms with Crippen molar-refractivity contribution in [2.24, 2.45) is 11.8 Å². The van der Waals surface area contributed by atoms with E-state index in [0.717, 1.165) is 50.1 Å². The largest absolute Gasteiger partial charge is 0.361 e. The molecule has 3 aliphatic rings. The van der Waals surface area contributed by atoms with Crippen molar-refractivity contribution >= 4 is 5.91 Å². The average Bonchev–Trinajstić information content (AvgIpc) is 3.13. The van der Waals surface area contributed by atoms with Gasteiger partial charge in [0.15, 0.2) is 5.69 Å². The molecule has 1 aromatic heterocycles. The molecule has 174 valence electrons. The van der Waals surface area contributed by atoms with Crippen LogP contribution in [-0.2, 0) is 0 Å². The summed E-state index contributed by atoms with van der Waals surface area (Å²) in [6.07, 6.45) is 12.3. The highest BCUT2D eigenvalue weighted by atomic mass is 16.5. The standard InChI is InChI=1S/C27H39N3O2/c1-17-7-9-19(10-8-17)22-14-20(21-15-26(3,4)30-27(5,6)16-21)11-12-23(22)28-25(31)24-13-18(2)32-29-24/h9,13-14,17,21,30H,7-8,10-12,15-16H2,1-6H3,(H,28,31). The molecule has 32 heavy (non-hydrogen) atoms. The number of hydrogen-bond donors (Lipinski definition) is 2. The van der Waals surface area contributed by atoms with Gasteiger partial charge in [-0.3, -0.25) is 4.79 Å². The first-order valence-electron chi connectivity index (χ1n) is 12.2. The zero-order valence-electron chi connectivity index (χ0n) is 20.6. The van der Waals surface area contributed by atoms with Crippen LogP contribution in [0.2, 0.25) is 0 Å². The number of nitrogens with one attached hydrogen (secondary N) is 2. The fourth-order valence-electron chi connectivity index (χ4n) is 5.96. The minimum atomic E-state index is -0.180. The highest BCUT2D eigenvalue weighted by molar-refractivity contribution is 5.93. The lowest BCUT2D eigenvalue weighted by Crippen LogP contribution is -2.58. The summed E-state index contributed by atoms with van der Waals surface area (Å²) in [7, 11) is 0. The van der Waals surface area contributed by atoms with Crippen molar-refractivity contribution < 1.29 is 9.32 Å². The molecule has 2 N–H and O–H groups in total. The molecular formula is C27H39N3O2. The van der Waals surface area contributed by atoms with E-state index in [0.29, 0.717) is 17.4 Å². The van der Waals surface area contributed by atoms with Crippen LogP contribution >= 0.6 is 0 Å². The molecule has 0 bridgehead atoms. The second-order valence-electron chi connectivity index (χ2n) is 11.5. The molecule has 2 aliphatic carbocycles. The Labute approximate surface area is 192 Å². The van der Waals surface area contributed by atoms with Crippen molar-refractivity contribution in [2.45, 2.75) is 97.6 Å². The Hall–Kier alpha value is -2.14. The maximum Gasteiger partial charge on any atom is 0.277 e. The van der Waals surface area contributed by atoms with Crippen LogP contribution in [0.3, 0.4) is 0 Å². The van der Waals surface area contributed by atoms with Crippen LogP contribution in [0.25, 0.3) is 0 Å². The number of aromatic nitrogens is 1. The summed E-state index contributed by atoms with van der Waals surface area (Å²) >= 11 is 0. The summed E-state index contributed by atoms with van der Waals surface area (Å²) in [4.78, 5) is 12.8. The van der Waals surface area contributed by atoms with Crippen molar-refractivity contribution in [1.29, 1.82) is 0 Å². The summed E-state index contributed by atoms with van der Waals surface area (Å²) in [6, 6.07) is 1.69. The topological polar surface area (TPSA) is 67.2 Å². The first-order valence-corrected chi connectivity index (χ1v) is 12.2. The molecule has 0 spiro atoms. The van der Waals surface area contributed by atoms with Crippen molar-refractivity contribution in [1.82, 2.24) is 15.8 Å². The number of rotatable bonds is 4. The average molecular weight is 438 g/mol. The lowest BCUT2D eigenvalue weighted by atomic mass is 9.70. The maximum absolute atomic E-state index is 12.8. The number of aryl methyl sites for hydroxylation is 1. The van der Waals surface area contributed by atoms with Gasteiger partial charge in [-0.15, -0.1) is 0 Å². The smallest absolute Gasteiger partial charge is 0.277 e. The molecule has 1 atom stereocenters. The highest BCUT2D eigenvalue weighted by Gasteiger charge is 2.39. The summed E-state index contributed by atoms with van der Waals surface area (Å²) in [5.41, 5.74) is 5.79. The Morgan fingerprint density at radius 2 is 1.88 bits per heavy atom. The van der Waals surface area contributed by atoms with E-state index in [2.05, 4.69) is 62.6 Å². The van der Waals surface area contributed by atoms with E-state index < -0.39 is 0 Å². The van der Waals surface area contributed by atoms with Crippen LogP contribution in [-0.4, -0.2) is 22.1 Å². The lowest BCUT2D eigenvalue weighted by molar-refractivity contribution is 0.0955. The molecular weight excluding hydrogens is 398 g/mol. The normalized spacial score (nSPS) is 25.9. The second kappa shape index (κ2) is 8.66. The van der Waals surface area contributed by atoms with Crippen LogP contribution in [0.5, 0.6) is 0 Å². The van der Waals surface area contributed by atoms with Gasteiger partial charge in [0.2, 0.25) is 0 Å². The van der Waals surface area contributed by atoms with Gasteiger partial charge in [-0.2, -0.15) is 0 Å². The van der Waals surface area contributed by atoms with E-state index in [1.54, 1.807) is 13.0 Å². The van der Waals surface area contributed by atoms with Gasteiger partial charge in [-0.05, 0) is 103 Å². The van der Waals surface area contributed by atoms with Gasteiger partial charge in [-0.1, -0.05) is 29.8 Å². The highest BCUT2D eigenvalue weighted by Crippen LogP contribution is 2.42. The van der Waals surface area contributed by atoms with E-state index in [-0.39, 0.29) is 17.0 Å². The van der Waals surface area contributed by atoms with Gasteiger partial charge in [0, 0.05) is 22.8 Å². The molecule has 1 amide bonds. The van der Waals surface area contributed by atoms with Gasteiger partial charge in [0.25, 0.3) is 5.91 Å². The second-order valence-corrected chi connectivity index (χ2v) is 11.5. The molecule has 1 aromatic rings. The van der Waals surface area contributed by atoms with Crippen molar-refractivity contribution in [3.8, 4) is 0 Å². The summed E-state index contributed by atoms with van der Waals surface area (Å²) < 4.78 is 5.11. The van der Waals surface area contributed by atoms with Crippen LogP contribution in [0.15, 0.2) is 45.2 Å². The SMILES string of the molecule is Cc1cc(C(=O)NC2=C(C3=CCC(C)CC3)C=C(C3CC(C)(C)NC(C)(C)C3)CC2)no1. The fraction of sp³-hybridized carbons (Fsp3) is 0.630. The summed E-state index contributed by atoms with van der Waals surface area (Å²) in [5, 5.41) is 10.9. The van der Waals surface area contributed by atoms with Gasteiger partial charge >= 0.3 is 0 Å². The van der Waals surface area contributed by atoms with Crippen LogP contribution in [0.1, 0.15) is 95.8 Å². The minimum Gasteiger partial charge on any atom is -0.361 e. The van der Waals surface area contributed by atoms with E-state index in [9.17, 15) is 4.79 Å². The molecule has 1 saturated heterocycles. The van der Waals surface area contributed by atoms with E-state index >= 15 is 0 Å². The van der Waals surface area contributed by atoms with Crippen LogP contribution in [0.4, 0.5) is 0 Å². The van der Waals surface area contributed by atoms with E-state index in [4.69, 9.17) is 4.52 Å². The Bertz CT molecular complexity index is 961. The third-order valence-corrected chi connectivity index (χ3v) is 7.18. The van der Waals surface area contributed by atoms with Gasteiger partial charge in [0.05, 0.1) is 0 Å². The Morgan fingerprint density at radius 1 is 1.16 bits per heavy atom. The molecule has 1 unspecified atom stereocenters. The quantitative estimate of drug-likeness (QED) is 0.607. The van der Waals surface area contributed by atoms with Crippen LogP contribution in [0, 0.1) is 18.8 Å². The third-order valence-electron chi connectivity index (χ3n) is 7.18. The predicted molar refractivity (Wildman–Crippen MR) is 128 cm³/mol. The molecule has 4 rings (SSSR count). The van der Waals surface area contributed by atoms with E-state index in [1.165, 1.54) is 23.1 Å². The minimum absolute atomic E-state index is 0.121. The molecule has 0 saturated carbocycles. The summed E-state index contributed by atoms with van der Waals surface area (Å²) in [5.74, 6) is 1.76. The van der Waals surface area contributed by atoms with Crippen molar-refractivity contribution in [3.05, 3.63) is 52.1 Å². The van der Waals surface area contributed by atoms with Gasteiger partial charge in [-0.25, -0.2) is 0 Å². The molecule has 5 nitrogen and oxygen atoms in total. The first-order chi connectivity index (χ1) is 15.0. The number of piperidine rings is 1. The number of carbonyl (C=O) groups excluding carboxylic acids is 1. The number of amides is 1. The van der Waals surface area contributed by atoms with E-state index in [1.807, 2.05) is 0 Å². The van der Waals surface area contributed by atoms with Crippen molar-refractivity contribution in [3.63, 3.8) is 0 Å². The molecule has 1 aliphatic heterocycles. The predicted octanol–water partition coefficient (Wildman–Crippen LogP) is 5.99. The van der Waals surface area contributed by atoms with Gasteiger partial charge < -0.3 is 15.2 Å². The molecule has 0 aromatic carbocycles. The Kier molecular flexibility index (Phi) is 6.23. The number of carbonyl (C=O) groups is 1. The zero-order chi connectivity index (χ0) is 23.1. The van der Waals surface area contributed by atoms with Crippen LogP contribution < -0.4 is 10.6 Å². The zero-order valence-corrected chi connectivity index (χ0v) is 20.6. The van der Waals surface area contributed by atoms with Gasteiger partial charge in [0.1, 0.15) is 5.76 Å².